The summed E-state index contributed by atoms with van der Waals surface area (Å²) in [6, 6.07) is 8.42. The molecule has 1 aromatic carbocycles. The lowest BCUT2D eigenvalue weighted by molar-refractivity contribution is -0.127. The lowest BCUT2D eigenvalue weighted by atomic mass is 9.90. The zero-order valence-corrected chi connectivity index (χ0v) is 16.1. The average Bonchev–Trinajstić information content (AvgIpc) is 3.20. The minimum atomic E-state index is 0.102. The number of nitrogens with zero attached hydrogens (tertiary/aromatic N) is 2. The number of amides is 1. The van der Waals surface area contributed by atoms with Crippen molar-refractivity contribution in [3.8, 4) is 5.75 Å². The molecule has 1 saturated heterocycles. The molecular formula is C21H26N2O2S. The predicted molar refractivity (Wildman–Crippen MR) is 106 cm³/mol. The predicted octanol–water partition coefficient (Wildman–Crippen LogP) is 4.43. The average molecular weight is 371 g/mol. The van der Waals surface area contributed by atoms with Crippen LogP contribution in [-0.4, -0.2) is 35.5 Å². The van der Waals surface area contributed by atoms with Crippen molar-refractivity contribution in [2.24, 2.45) is 5.92 Å². The van der Waals surface area contributed by atoms with Gasteiger partial charge in [0.2, 0.25) is 5.91 Å². The number of thiazole rings is 1. The number of benzene rings is 1. The molecule has 0 atom stereocenters. The van der Waals surface area contributed by atoms with Gasteiger partial charge in [-0.15, -0.1) is 11.3 Å². The first kappa shape index (κ1) is 18.6. The fourth-order valence-electron chi connectivity index (χ4n) is 3.30. The Morgan fingerprint density at radius 3 is 2.73 bits per heavy atom. The summed E-state index contributed by atoms with van der Waals surface area (Å²) in [5.41, 5.74) is 1.36. The van der Waals surface area contributed by atoms with Gasteiger partial charge in [0.25, 0.3) is 0 Å². The molecule has 1 aliphatic heterocycles. The number of carbonyl (C=O) groups excluding carboxylic acids is 1. The van der Waals surface area contributed by atoms with Gasteiger partial charge in [-0.2, -0.15) is 0 Å². The van der Waals surface area contributed by atoms with Crippen molar-refractivity contribution in [3.63, 3.8) is 0 Å². The Balaban J connectivity index is 1.40. The Kier molecular flexibility index (Phi) is 6.83. The summed E-state index contributed by atoms with van der Waals surface area (Å²) in [6.45, 7) is 4.42. The smallest absolute Gasteiger partial charge is 0.246 e. The second kappa shape index (κ2) is 9.53. The molecule has 1 fully saturated rings. The molecule has 0 unspecified atom stereocenters. The molecular weight excluding hydrogens is 344 g/mol. The van der Waals surface area contributed by atoms with E-state index in [0.717, 1.165) is 43.1 Å². The van der Waals surface area contributed by atoms with Crippen molar-refractivity contribution < 1.29 is 9.53 Å². The van der Waals surface area contributed by atoms with E-state index in [1.165, 1.54) is 12.0 Å². The molecule has 0 bridgehead atoms. The molecule has 0 aliphatic carbocycles. The number of carbonyl (C=O) groups is 1. The highest BCUT2D eigenvalue weighted by Crippen LogP contribution is 2.23. The summed E-state index contributed by atoms with van der Waals surface area (Å²) in [5.74, 6) is 1.74. The zero-order chi connectivity index (χ0) is 18.2. The van der Waals surface area contributed by atoms with Gasteiger partial charge >= 0.3 is 0 Å². The Morgan fingerprint density at radius 1 is 1.31 bits per heavy atom. The van der Waals surface area contributed by atoms with Crippen LogP contribution in [0.5, 0.6) is 5.75 Å². The van der Waals surface area contributed by atoms with Crippen LogP contribution in [0.25, 0.3) is 6.08 Å². The lowest BCUT2D eigenvalue weighted by Gasteiger charge is -2.31. The van der Waals surface area contributed by atoms with Gasteiger partial charge in [-0.05, 0) is 62.3 Å². The molecule has 3 rings (SSSR count). The first-order valence-electron chi connectivity index (χ1n) is 9.33. The molecule has 0 radical (unpaired) electrons. The van der Waals surface area contributed by atoms with Crippen LogP contribution in [0, 0.1) is 5.92 Å². The van der Waals surface area contributed by atoms with E-state index in [4.69, 9.17) is 4.74 Å². The molecule has 5 heteroatoms. The topological polar surface area (TPSA) is 42.4 Å². The zero-order valence-electron chi connectivity index (χ0n) is 15.3. The monoisotopic (exact) mass is 370 g/mol. The first-order chi connectivity index (χ1) is 12.7. The van der Waals surface area contributed by atoms with Crippen LogP contribution >= 0.6 is 11.3 Å². The highest BCUT2D eigenvalue weighted by Gasteiger charge is 2.21. The number of hydrogen-bond donors (Lipinski definition) is 0. The maximum atomic E-state index is 12.3. The van der Waals surface area contributed by atoms with Gasteiger partial charge in [-0.3, -0.25) is 4.79 Å². The van der Waals surface area contributed by atoms with Gasteiger partial charge < -0.3 is 9.64 Å². The van der Waals surface area contributed by atoms with Gasteiger partial charge in [-0.1, -0.05) is 12.1 Å². The van der Waals surface area contributed by atoms with E-state index in [0.29, 0.717) is 12.5 Å². The minimum absolute atomic E-state index is 0.102. The Bertz CT molecular complexity index is 702. The number of likely N-dealkylation sites (tertiary alicyclic amines) is 1. The van der Waals surface area contributed by atoms with E-state index >= 15 is 0 Å². The minimum Gasteiger partial charge on any atom is -0.494 e. The van der Waals surface area contributed by atoms with Crippen molar-refractivity contribution >= 4 is 23.3 Å². The van der Waals surface area contributed by atoms with Crippen molar-refractivity contribution in [2.75, 3.05) is 19.7 Å². The Labute approximate surface area is 159 Å². The summed E-state index contributed by atoms with van der Waals surface area (Å²) in [5, 5.41) is 2.80. The standard InChI is InChI=1S/C21H26N2O2S/c1-2-25-19-7-5-17(6-8-19)3-4-18-11-14-23(15-12-18)21(24)10-9-20-22-13-16-26-20/h5-10,13,16,18H,2-4,11-12,14-15H2,1H3/b10-9+. The van der Waals surface area contributed by atoms with Crippen LogP contribution < -0.4 is 4.74 Å². The number of rotatable bonds is 7. The summed E-state index contributed by atoms with van der Waals surface area (Å²) in [7, 11) is 0. The molecule has 4 nitrogen and oxygen atoms in total. The maximum Gasteiger partial charge on any atom is 0.246 e. The third-order valence-corrected chi connectivity index (χ3v) is 5.56. The van der Waals surface area contributed by atoms with Crippen LogP contribution in [0.4, 0.5) is 0 Å². The number of hydrogen-bond acceptors (Lipinski definition) is 4. The molecule has 1 amide bonds. The molecule has 138 valence electrons. The van der Waals surface area contributed by atoms with E-state index in [1.54, 1.807) is 23.6 Å². The summed E-state index contributed by atoms with van der Waals surface area (Å²) >= 11 is 1.54. The van der Waals surface area contributed by atoms with Gasteiger partial charge in [0.15, 0.2) is 0 Å². The number of ether oxygens (including phenoxy) is 1. The van der Waals surface area contributed by atoms with E-state index in [2.05, 4.69) is 29.2 Å². The Morgan fingerprint density at radius 2 is 2.08 bits per heavy atom. The normalized spacial score (nSPS) is 15.5. The second-order valence-corrected chi connectivity index (χ2v) is 7.51. The molecule has 1 aliphatic rings. The van der Waals surface area contributed by atoms with Gasteiger partial charge in [0.05, 0.1) is 6.61 Å². The van der Waals surface area contributed by atoms with Crippen molar-refractivity contribution in [2.45, 2.75) is 32.6 Å². The van der Waals surface area contributed by atoms with Gasteiger partial charge in [0, 0.05) is 30.7 Å². The highest BCUT2D eigenvalue weighted by atomic mass is 32.1. The Hall–Kier alpha value is -2.14. The fourth-order valence-corrected chi connectivity index (χ4v) is 3.83. The molecule has 2 aromatic rings. The van der Waals surface area contributed by atoms with Crippen molar-refractivity contribution in [1.82, 2.24) is 9.88 Å². The van der Waals surface area contributed by atoms with Crippen LogP contribution in [0.2, 0.25) is 0 Å². The molecule has 2 heterocycles. The van der Waals surface area contributed by atoms with E-state index in [1.807, 2.05) is 23.3 Å². The first-order valence-corrected chi connectivity index (χ1v) is 10.2. The molecule has 0 N–H and O–H groups in total. The SMILES string of the molecule is CCOc1ccc(CCC2CCN(C(=O)/C=C/c3nccs3)CC2)cc1. The fraction of sp³-hybridized carbons (Fsp3) is 0.429. The third kappa shape index (κ3) is 5.43. The van der Waals surface area contributed by atoms with Crippen LogP contribution in [0.1, 0.15) is 36.8 Å². The maximum absolute atomic E-state index is 12.3. The number of aromatic nitrogens is 1. The second-order valence-electron chi connectivity index (χ2n) is 6.59. The lowest BCUT2D eigenvalue weighted by Crippen LogP contribution is -2.37. The van der Waals surface area contributed by atoms with E-state index in [-0.39, 0.29) is 5.91 Å². The highest BCUT2D eigenvalue weighted by molar-refractivity contribution is 7.10. The summed E-state index contributed by atoms with van der Waals surface area (Å²) in [6.07, 6.45) is 9.68. The quantitative estimate of drug-likeness (QED) is 0.677. The van der Waals surface area contributed by atoms with Crippen LogP contribution in [-0.2, 0) is 11.2 Å². The van der Waals surface area contributed by atoms with Gasteiger partial charge in [-0.25, -0.2) is 4.98 Å². The summed E-state index contributed by atoms with van der Waals surface area (Å²) < 4.78 is 5.49. The molecule has 26 heavy (non-hydrogen) atoms. The third-order valence-electron chi connectivity index (χ3n) is 4.82. The van der Waals surface area contributed by atoms with E-state index < -0.39 is 0 Å². The van der Waals surface area contributed by atoms with Crippen molar-refractivity contribution in [3.05, 3.63) is 52.5 Å². The molecule has 0 saturated carbocycles. The largest absolute Gasteiger partial charge is 0.494 e. The number of piperidine rings is 1. The van der Waals surface area contributed by atoms with Crippen molar-refractivity contribution in [1.29, 1.82) is 0 Å². The molecule has 0 spiro atoms. The van der Waals surface area contributed by atoms with E-state index in [9.17, 15) is 4.79 Å². The van der Waals surface area contributed by atoms with Crippen LogP contribution in [0.3, 0.4) is 0 Å². The molecule has 1 aromatic heterocycles. The number of aryl methyl sites for hydroxylation is 1. The summed E-state index contributed by atoms with van der Waals surface area (Å²) in [4.78, 5) is 18.4. The van der Waals surface area contributed by atoms with Gasteiger partial charge in [0.1, 0.15) is 10.8 Å². The van der Waals surface area contributed by atoms with Crippen LogP contribution in [0.15, 0.2) is 41.9 Å².